The van der Waals surface area contributed by atoms with Gasteiger partial charge in [0.05, 0.1) is 13.2 Å². The van der Waals surface area contributed by atoms with E-state index < -0.39 is 0 Å². The summed E-state index contributed by atoms with van der Waals surface area (Å²) in [6.45, 7) is 7.33. The molecule has 2 saturated heterocycles. The van der Waals surface area contributed by atoms with Gasteiger partial charge in [-0.1, -0.05) is 19.8 Å². The number of ether oxygens (including phenoxy) is 1. The van der Waals surface area contributed by atoms with Gasteiger partial charge in [0.25, 0.3) is 0 Å². The third-order valence-corrected chi connectivity index (χ3v) is 4.30. The lowest BCUT2D eigenvalue weighted by atomic mass is 10.0. The number of piperidine rings is 1. The summed E-state index contributed by atoms with van der Waals surface area (Å²) in [6, 6.07) is 0.347. The van der Waals surface area contributed by atoms with Gasteiger partial charge in [0, 0.05) is 19.1 Å². The molecule has 20 heavy (non-hydrogen) atoms. The molecule has 0 aromatic carbocycles. The lowest BCUT2D eigenvalue weighted by Crippen LogP contribution is -2.54. The fourth-order valence-corrected chi connectivity index (χ4v) is 3.02. The van der Waals surface area contributed by atoms with Gasteiger partial charge in [-0.2, -0.15) is 0 Å². The van der Waals surface area contributed by atoms with E-state index >= 15 is 0 Å². The Morgan fingerprint density at radius 3 is 3.10 bits per heavy atom. The predicted octanol–water partition coefficient (Wildman–Crippen LogP) is 0.746. The van der Waals surface area contributed by atoms with Crippen molar-refractivity contribution in [1.29, 1.82) is 0 Å². The van der Waals surface area contributed by atoms with E-state index in [1.54, 1.807) is 0 Å². The first-order valence-electron chi connectivity index (χ1n) is 8.14. The third kappa shape index (κ3) is 4.72. The number of likely N-dealkylation sites (tertiary alicyclic amines) is 1. The van der Waals surface area contributed by atoms with Gasteiger partial charge in [0.1, 0.15) is 6.04 Å². The quantitative estimate of drug-likeness (QED) is 0.755. The van der Waals surface area contributed by atoms with E-state index in [2.05, 4.69) is 22.5 Å². The molecule has 0 aromatic rings. The van der Waals surface area contributed by atoms with Crippen LogP contribution in [0.2, 0.25) is 0 Å². The Bertz CT molecular complexity index is 293. The van der Waals surface area contributed by atoms with Crippen LogP contribution in [0, 0.1) is 0 Å². The summed E-state index contributed by atoms with van der Waals surface area (Å²) >= 11 is 0. The number of nitrogens with zero attached hydrogens (tertiary/aromatic N) is 1. The van der Waals surface area contributed by atoms with Crippen molar-refractivity contribution in [2.75, 3.05) is 39.4 Å². The van der Waals surface area contributed by atoms with Crippen molar-refractivity contribution in [3.8, 4) is 0 Å². The molecule has 2 aliphatic heterocycles. The van der Waals surface area contributed by atoms with Gasteiger partial charge in [0.2, 0.25) is 5.91 Å². The molecule has 0 spiro atoms. The summed E-state index contributed by atoms with van der Waals surface area (Å²) in [4.78, 5) is 14.6. The molecule has 5 nitrogen and oxygen atoms in total. The molecule has 2 N–H and O–H groups in total. The lowest BCUT2D eigenvalue weighted by molar-refractivity contribution is -0.126. The molecule has 5 heteroatoms. The fourth-order valence-electron chi connectivity index (χ4n) is 3.02. The summed E-state index contributed by atoms with van der Waals surface area (Å²) in [5.74, 6) is 0.0886. The highest BCUT2D eigenvalue weighted by molar-refractivity contribution is 5.82. The van der Waals surface area contributed by atoms with Crippen LogP contribution in [0.1, 0.15) is 39.0 Å². The normalized spacial score (nSPS) is 28.2. The minimum absolute atomic E-state index is 0.0886. The van der Waals surface area contributed by atoms with E-state index in [-0.39, 0.29) is 11.9 Å². The summed E-state index contributed by atoms with van der Waals surface area (Å²) in [6.07, 6.45) is 6.28. The van der Waals surface area contributed by atoms with Crippen molar-refractivity contribution < 1.29 is 9.53 Å². The van der Waals surface area contributed by atoms with Crippen LogP contribution in [0.15, 0.2) is 0 Å². The van der Waals surface area contributed by atoms with Crippen LogP contribution in [0.3, 0.4) is 0 Å². The van der Waals surface area contributed by atoms with Gasteiger partial charge < -0.3 is 15.4 Å². The van der Waals surface area contributed by atoms with Crippen molar-refractivity contribution >= 4 is 5.91 Å². The largest absolute Gasteiger partial charge is 0.378 e. The third-order valence-electron chi connectivity index (χ3n) is 4.30. The molecule has 2 fully saturated rings. The summed E-state index contributed by atoms with van der Waals surface area (Å²) in [5, 5.41) is 6.31. The predicted molar refractivity (Wildman–Crippen MR) is 79.7 cm³/mol. The average Bonchev–Trinajstić information content (AvgIpc) is 2.52. The number of carbonyl (C=O) groups excluding carboxylic acids is 1. The minimum atomic E-state index is -0.170. The first-order chi connectivity index (χ1) is 9.81. The van der Waals surface area contributed by atoms with E-state index in [4.69, 9.17) is 4.74 Å². The highest BCUT2D eigenvalue weighted by Gasteiger charge is 2.25. The zero-order valence-corrected chi connectivity index (χ0v) is 12.7. The van der Waals surface area contributed by atoms with E-state index in [9.17, 15) is 4.79 Å². The Morgan fingerprint density at radius 2 is 2.35 bits per heavy atom. The topological polar surface area (TPSA) is 53.6 Å². The molecule has 2 atom stereocenters. The Hall–Kier alpha value is -0.650. The van der Waals surface area contributed by atoms with Crippen LogP contribution >= 0.6 is 0 Å². The molecular formula is C15H29N3O2. The van der Waals surface area contributed by atoms with Crippen LogP contribution in [0.5, 0.6) is 0 Å². The van der Waals surface area contributed by atoms with Crippen molar-refractivity contribution in [3.05, 3.63) is 0 Å². The van der Waals surface area contributed by atoms with E-state index in [0.717, 1.165) is 13.1 Å². The fraction of sp³-hybridized carbons (Fsp3) is 0.933. The second-order valence-corrected chi connectivity index (χ2v) is 5.87. The first kappa shape index (κ1) is 15.7. The van der Waals surface area contributed by atoms with Crippen LogP contribution in [-0.2, 0) is 9.53 Å². The zero-order chi connectivity index (χ0) is 14.2. The Kier molecular flexibility index (Phi) is 6.76. The van der Waals surface area contributed by atoms with E-state index in [1.807, 2.05) is 0 Å². The number of morpholine rings is 1. The average molecular weight is 283 g/mol. The number of hydrogen-bond acceptors (Lipinski definition) is 4. The van der Waals surface area contributed by atoms with Crippen molar-refractivity contribution in [1.82, 2.24) is 15.5 Å². The number of hydrogen-bond donors (Lipinski definition) is 2. The number of amides is 1. The van der Waals surface area contributed by atoms with E-state index in [0.29, 0.717) is 19.3 Å². The molecule has 2 heterocycles. The zero-order valence-electron chi connectivity index (χ0n) is 12.7. The van der Waals surface area contributed by atoms with Gasteiger partial charge in [-0.05, 0) is 32.4 Å². The molecule has 2 unspecified atom stereocenters. The molecule has 116 valence electrons. The van der Waals surface area contributed by atoms with Crippen LogP contribution in [0.4, 0.5) is 0 Å². The van der Waals surface area contributed by atoms with Gasteiger partial charge >= 0.3 is 0 Å². The Balaban J connectivity index is 1.73. The summed E-state index contributed by atoms with van der Waals surface area (Å²) < 4.78 is 5.34. The smallest absolute Gasteiger partial charge is 0.239 e. The molecule has 1 amide bonds. The lowest BCUT2D eigenvalue weighted by Gasteiger charge is -2.36. The van der Waals surface area contributed by atoms with Crippen molar-refractivity contribution in [2.24, 2.45) is 0 Å². The summed E-state index contributed by atoms with van der Waals surface area (Å²) in [7, 11) is 0. The van der Waals surface area contributed by atoms with Crippen LogP contribution in [0.25, 0.3) is 0 Å². The monoisotopic (exact) mass is 283 g/mol. The molecule has 2 aliphatic rings. The van der Waals surface area contributed by atoms with Crippen molar-refractivity contribution in [2.45, 2.75) is 51.1 Å². The SMILES string of the molecule is CCCCN1CCCCC1CNC(=O)C1COCCN1. The Morgan fingerprint density at radius 1 is 1.45 bits per heavy atom. The number of carbonyl (C=O) groups is 1. The van der Waals surface area contributed by atoms with Gasteiger partial charge in [-0.3, -0.25) is 9.69 Å². The van der Waals surface area contributed by atoms with Gasteiger partial charge in [-0.15, -0.1) is 0 Å². The number of unbranched alkanes of at least 4 members (excludes halogenated alkanes) is 1. The van der Waals surface area contributed by atoms with Gasteiger partial charge in [-0.25, -0.2) is 0 Å². The highest BCUT2D eigenvalue weighted by atomic mass is 16.5. The second-order valence-electron chi connectivity index (χ2n) is 5.87. The number of rotatable bonds is 6. The molecule has 0 aromatic heterocycles. The number of nitrogens with one attached hydrogen (secondary N) is 2. The standard InChI is InChI=1S/C15H29N3O2/c1-2-3-8-18-9-5-4-6-13(18)11-17-15(19)14-12-20-10-7-16-14/h13-14,16H,2-12H2,1H3,(H,17,19). The molecule has 0 saturated carbocycles. The maximum Gasteiger partial charge on any atom is 0.239 e. The van der Waals surface area contributed by atoms with Gasteiger partial charge in [0.15, 0.2) is 0 Å². The molecule has 2 rings (SSSR count). The first-order valence-corrected chi connectivity index (χ1v) is 8.14. The van der Waals surface area contributed by atoms with Crippen LogP contribution < -0.4 is 10.6 Å². The van der Waals surface area contributed by atoms with E-state index in [1.165, 1.54) is 45.2 Å². The molecule has 0 bridgehead atoms. The van der Waals surface area contributed by atoms with Crippen LogP contribution in [-0.4, -0.2) is 62.3 Å². The van der Waals surface area contributed by atoms with Crippen molar-refractivity contribution in [3.63, 3.8) is 0 Å². The summed E-state index contributed by atoms with van der Waals surface area (Å²) in [5.41, 5.74) is 0. The Labute approximate surface area is 122 Å². The highest BCUT2D eigenvalue weighted by Crippen LogP contribution is 2.17. The second kappa shape index (κ2) is 8.60. The maximum atomic E-state index is 12.1. The molecule has 0 aliphatic carbocycles. The minimum Gasteiger partial charge on any atom is -0.378 e. The maximum absolute atomic E-state index is 12.1. The molecule has 0 radical (unpaired) electrons. The molecular weight excluding hydrogens is 254 g/mol.